The summed E-state index contributed by atoms with van der Waals surface area (Å²) < 4.78 is 7.99. The van der Waals surface area contributed by atoms with Gasteiger partial charge in [-0.1, -0.05) is 27.2 Å². The first-order valence-electron chi connectivity index (χ1n) is 7.79. The molecule has 3 nitrogen and oxygen atoms in total. The van der Waals surface area contributed by atoms with E-state index < -0.39 is 0 Å². The molecule has 0 radical (unpaired) electrons. The summed E-state index contributed by atoms with van der Waals surface area (Å²) in [6.45, 7) is 10.2. The van der Waals surface area contributed by atoms with Gasteiger partial charge in [0.2, 0.25) is 0 Å². The van der Waals surface area contributed by atoms with Crippen molar-refractivity contribution in [1.82, 2.24) is 4.57 Å². The molecule has 21 heavy (non-hydrogen) atoms. The molecule has 2 rings (SSSR count). The number of ether oxygens (including phenoxy) is 1. The fourth-order valence-electron chi connectivity index (χ4n) is 2.66. The van der Waals surface area contributed by atoms with E-state index in [1.807, 2.05) is 19.1 Å². The molecule has 114 valence electrons. The fourth-order valence-corrected chi connectivity index (χ4v) is 2.66. The normalized spacial score (nSPS) is 11.3. The van der Waals surface area contributed by atoms with Crippen molar-refractivity contribution in [3.05, 3.63) is 29.5 Å². The minimum absolute atomic E-state index is 0.541. The minimum Gasteiger partial charge on any atom is -0.494 e. The fraction of sp³-hybridized carbons (Fsp3) is 0.500. The Morgan fingerprint density at radius 3 is 2.71 bits per heavy atom. The number of unbranched alkanes of at least 4 members (excludes halogenated alkanes) is 1. The van der Waals surface area contributed by atoms with Crippen molar-refractivity contribution in [2.45, 2.75) is 47.1 Å². The van der Waals surface area contributed by atoms with Crippen molar-refractivity contribution in [3.63, 3.8) is 0 Å². The van der Waals surface area contributed by atoms with Crippen LogP contribution in [0, 0.1) is 12.8 Å². The van der Waals surface area contributed by atoms with E-state index in [1.54, 1.807) is 0 Å². The summed E-state index contributed by atoms with van der Waals surface area (Å²) in [7, 11) is 0. The van der Waals surface area contributed by atoms with Gasteiger partial charge >= 0.3 is 0 Å². The molecule has 1 aromatic heterocycles. The average Bonchev–Trinajstić information content (AvgIpc) is 2.70. The standard InChI is InChI=1S/C18H25NO2/c1-5-6-9-21-15-7-8-18-16(10-15)17(12-20)14(4)19(18)11-13(2)3/h7-8,10,12-13H,5-6,9,11H2,1-4H3. The highest BCUT2D eigenvalue weighted by Crippen LogP contribution is 2.29. The molecule has 0 saturated heterocycles. The molecule has 0 N–H and O–H groups in total. The first-order valence-corrected chi connectivity index (χ1v) is 7.79. The predicted octanol–water partition coefficient (Wildman–Crippen LogP) is 4.60. The van der Waals surface area contributed by atoms with Crippen molar-refractivity contribution in [1.29, 1.82) is 0 Å². The lowest BCUT2D eigenvalue weighted by Gasteiger charge is -2.11. The van der Waals surface area contributed by atoms with Gasteiger partial charge in [-0.05, 0) is 37.5 Å². The molecule has 1 heterocycles. The molecule has 2 aromatic rings. The molecule has 0 fully saturated rings. The molecule has 3 heteroatoms. The van der Waals surface area contributed by atoms with Crippen LogP contribution in [0.5, 0.6) is 5.75 Å². The molecule has 0 amide bonds. The lowest BCUT2D eigenvalue weighted by Crippen LogP contribution is -2.06. The van der Waals surface area contributed by atoms with Gasteiger partial charge in [0.1, 0.15) is 5.75 Å². The quantitative estimate of drug-likeness (QED) is 0.550. The minimum atomic E-state index is 0.541. The van der Waals surface area contributed by atoms with Crippen LogP contribution in [0.25, 0.3) is 10.9 Å². The number of aldehydes is 1. The third-order valence-electron chi connectivity index (χ3n) is 3.78. The number of carbonyl (C=O) groups excluding carboxylic acids is 1. The number of fused-ring (bicyclic) bond motifs is 1. The zero-order chi connectivity index (χ0) is 15.4. The van der Waals surface area contributed by atoms with Gasteiger partial charge in [0.25, 0.3) is 0 Å². The van der Waals surface area contributed by atoms with Gasteiger partial charge in [-0.2, -0.15) is 0 Å². The Hall–Kier alpha value is -1.77. The Bertz CT molecular complexity index is 626. The van der Waals surface area contributed by atoms with E-state index in [0.717, 1.165) is 60.2 Å². The number of hydrogen-bond acceptors (Lipinski definition) is 2. The van der Waals surface area contributed by atoms with Crippen molar-refractivity contribution in [2.75, 3.05) is 6.61 Å². The molecule has 0 atom stereocenters. The Kier molecular flexibility index (Phi) is 5.05. The van der Waals surface area contributed by atoms with Gasteiger partial charge in [-0.3, -0.25) is 4.79 Å². The third kappa shape index (κ3) is 3.29. The molecule has 0 bridgehead atoms. The predicted molar refractivity (Wildman–Crippen MR) is 87.3 cm³/mol. The molecule has 0 spiro atoms. The number of aromatic nitrogens is 1. The lowest BCUT2D eigenvalue weighted by atomic mass is 10.1. The summed E-state index contributed by atoms with van der Waals surface area (Å²) in [5, 5.41) is 0.997. The molecule has 0 unspecified atom stereocenters. The van der Waals surface area contributed by atoms with E-state index >= 15 is 0 Å². The highest BCUT2D eigenvalue weighted by molar-refractivity contribution is 6.00. The van der Waals surface area contributed by atoms with Gasteiger partial charge in [-0.25, -0.2) is 0 Å². The van der Waals surface area contributed by atoms with Gasteiger partial charge in [-0.15, -0.1) is 0 Å². The number of benzene rings is 1. The Balaban J connectivity index is 2.43. The van der Waals surface area contributed by atoms with E-state index in [4.69, 9.17) is 4.74 Å². The smallest absolute Gasteiger partial charge is 0.152 e. The van der Waals surface area contributed by atoms with Gasteiger partial charge in [0, 0.05) is 28.7 Å². The van der Waals surface area contributed by atoms with E-state index in [-0.39, 0.29) is 0 Å². The van der Waals surface area contributed by atoms with Crippen LogP contribution >= 0.6 is 0 Å². The van der Waals surface area contributed by atoms with Gasteiger partial charge in [0.05, 0.1) is 6.61 Å². The van der Waals surface area contributed by atoms with E-state index in [1.165, 1.54) is 0 Å². The highest BCUT2D eigenvalue weighted by Gasteiger charge is 2.15. The summed E-state index contributed by atoms with van der Waals surface area (Å²) in [5.74, 6) is 1.39. The van der Waals surface area contributed by atoms with Crippen LogP contribution in [0.15, 0.2) is 18.2 Å². The van der Waals surface area contributed by atoms with Crippen LogP contribution in [-0.2, 0) is 6.54 Å². The van der Waals surface area contributed by atoms with E-state index in [0.29, 0.717) is 5.92 Å². The second kappa shape index (κ2) is 6.79. The van der Waals surface area contributed by atoms with Crippen LogP contribution in [-0.4, -0.2) is 17.5 Å². The summed E-state index contributed by atoms with van der Waals surface area (Å²) in [6.07, 6.45) is 3.13. The van der Waals surface area contributed by atoms with Gasteiger partial charge in [0.15, 0.2) is 6.29 Å². The first-order chi connectivity index (χ1) is 10.1. The van der Waals surface area contributed by atoms with Crippen molar-refractivity contribution < 1.29 is 9.53 Å². The number of hydrogen-bond donors (Lipinski definition) is 0. The summed E-state index contributed by atoms with van der Waals surface area (Å²) >= 11 is 0. The maximum absolute atomic E-state index is 11.5. The topological polar surface area (TPSA) is 31.2 Å². The zero-order valence-electron chi connectivity index (χ0n) is 13.5. The SMILES string of the molecule is CCCCOc1ccc2c(c1)c(C=O)c(C)n2CC(C)C. The molecular formula is C18H25NO2. The summed E-state index contributed by atoms with van der Waals surface area (Å²) in [6, 6.07) is 6.07. The van der Waals surface area contributed by atoms with Crippen LogP contribution in [0.1, 0.15) is 49.7 Å². The Labute approximate surface area is 126 Å². The van der Waals surface area contributed by atoms with Crippen LogP contribution < -0.4 is 4.74 Å². The van der Waals surface area contributed by atoms with Crippen molar-refractivity contribution in [3.8, 4) is 5.75 Å². The summed E-state index contributed by atoms with van der Waals surface area (Å²) in [4.78, 5) is 11.5. The third-order valence-corrected chi connectivity index (χ3v) is 3.78. The van der Waals surface area contributed by atoms with E-state index in [9.17, 15) is 4.79 Å². The average molecular weight is 287 g/mol. The molecule has 0 saturated carbocycles. The number of carbonyl (C=O) groups is 1. The van der Waals surface area contributed by atoms with Crippen molar-refractivity contribution >= 4 is 17.2 Å². The Morgan fingerprint density at radius 2 is 2.10 bits per heavy atom. The van der Waals surface area contributed by atoms with Crippen LogP contribution in [0.3, 0.4) is 0 Å². The highest BCUT2D eigenvalue weighted by atomic mass is 16.5. The van der Waals surface area contributed by atoms with Gasteiger partial charge < -0.3 is 9.30 Å². The largest absolute Gasteiger partial charge is 0.494 e. The first kappa shape index (κ1) is 15.6. The maximum Gasteiger partial charge on any atom is 0.152 e. The number of nitrogens with zero attached hydrogens (tertiary/aromatic N) is 1. The second-order valence-electron chi connectivity index (χ2n) is 6.00. The Morgan fingerprint density at radius 1 is 1.33 bits per heavy atom. The summed E-state index contributed by atoms with van der Waals surface area (Å²) in [5.41, 5.74) is 2.94. The van der Waals surface area contributed by atoms with E-state index in [2.05, 4.69) is 31.4 Å². The molecular weight excluding hydrogens is 262 g/mol. The van der Waals surface area contributed by atoms with Crippen LogP contribution in [0.2, 0.25) is 0 Å². The zero-order valence-corrected chi connectivity index (χ0v) is 13.5. The monoisotopic (exact) mass is 287 g/mol. The second-order valence-corrected chi connectivity index (χ2v) is 6.00. The van der Waals surface area contributed by atoms with Crippen LogP contribution in [0.4, 0.5) is 0 Å². The molecule has 0 aliphatic rings. The molecule has 0 aliphatic carbocycles. The number of rotatable bonds is 7. The molecule has 1 aromatic carbocycles. The maximum atomic E-state index is 11.5. The lowest BCUT2D eigenvalue weighted by molar-refractivity contribution is 0.112. The molecule has 0 aliphatic heterocycles. The van der Waals surface area contributed by atoms with Crippen molar-refractivity contribution in [2.24, 2.45) is 5.92 Å².